The first-order valence-electron chi connectivity index (χ1n) is 9.87. The number of fused-ring (bicyclic) bond motifs is 2. The van der Waals surface area contributed by atoms with E-state index in [9.17, 15) is 13.6 Å². The molecule has 30 heavy (non-hydrogen) atoms. The highest BCUT2D eigenvalue weighted by molar-refractivity contribution is 5.91. The molecule has 0 saturated carbocycles. The Hall–Kier alpha value is -3.32. The predicted octanol–water partition coefficient (Wildman–Crippen LogP) is 4.00. The second-order valence-corrected chi connectivity index (χ2v) is 7.64. The number of carbonyl (C=O) groups excluding carboxylic acids is 1. The molecule has 2 aliphatic heterocycles. The Balaban J connectivity index is 1.33. The number of hydrogen-bond donors (Lipinski definition) is 2. The first-order valence-corrected chi connectivity index (χ1v) is 9.87. The van der Waals surface area contributed by atoms with Crippen LogP contribution in [-0.2, 0) is 0 Å². The van der Waals surface area contributed by atoms with Crippen molar-refractivity contribution in [3.05, 3.63) is 84.2 Å². The molecule has 1 aromatic heterocycles. The Morgan fingerprint density at radius 3 is 2.50 bits per heavy atom. The van der Waals surface area contributed by atoms with E-state index in [0.29, 0.717) is 13.1 Å². The monoisotopic (exact) mass is 406 g/mol. The third-order valence-electron chi connectivity index (χ3n) is 5.95. The van der Waals surface area contributed by atoms with E-state index >= 15 is 0 Å². The lowest BCUT2D eigenvalue weighted by Gasteiger charge is -2.59. The van der Waals surface area contributed by atoms with Crippen molar-refractivity contribution in [2.24, 2.45) is 0 Å². The second kappa shape index (κ2) is 7.50. The smallest absolute Gasteiger partial charge is 0.315 e. The highest BCUT2D eigenvalue weighted by atomic mass is 19.1. The average Bonchev–Trinajstić information content (AvgIpc) is 2.78. The number of hydrogen-bond acceptors (Lipinski definition) is 3. The van der Waals surface area contributed by atoms with Gasteiger partial charge in [0.1, 0.15) is 11.6 Å². The summed E-state index contributed by atoms with van der Waals surface area (Å²) in [5.74, 6) is -1.04. The predicted molar refractivity (Wildman–Crippen MR) is 110 cm³/mol. The maximum Gasteiger partial charge on any atom is 0.322 e. The van der Waals surface area contributed by atoms with Crippen molar-refractivity contribution in [3.63, 3.8) is 0 Å². The SMILES string of the molecule is O=C(Nc1cc(F)ccc1F)N1[C@@H]2CNC[C@H]1C2c1ccc(-c2cccnc2)cc1. The number of urea groups is 1. The van der Waals surface area contributed by atoms with Crippen LogP contribution in [0.3, 0.4) is 0 Å². The number of nitrogens with zero attached hydrogens (tertiary/aromatic N) is 2. The van der Waals surface area contributed by atoms with Crippen LogP contribution in [0.1, 0.15) is 11.5 Å². The Morgan fingerprint density at radius 1 is 1.03 bits per heavy atom. The minimum atomic E-state index is -0.656. The summed E-state index contributed by atoms with van der Waals surface area (Å²) in [4.78, 5) is 18.7. The lowest BCUT2D eigenvalue weighted by Crippen LogP contribution is -2.74. The summed E-state index contributed by atoms with van der Waals surface area (Å²) in [5, 5.41) is 5.85. The molecule has 3 atom stereocenters. The highest BCUT2D eigenvalue weighted by Crippen LogP contribution is 2.43. The lowest BCUT2D eigenvalue weighted by atomic mass is 9.72. The first-order chi connectivity index (χ1) is 14.6. The molecule has 2 fully saturated rings. The van der Waals surface area contributed by atoms with Gasteiger partial charge in [0.25, 0.3) is 0 Å². The number of piperazine rings is 1. The molecule has 2 aliphatic rings. The van der Waals surface area contributed by atoms with E-state index in [1.54, 1.807) is 11.1 Å². The van der Waals surface area contributed by atoms with Gasteiger partial charge >= 0.3 is 6.03 Å². The lowest BCUT2D eigenvalue weighted by molar-refractivity contribution is 0.00199. The normalized spacial score (nSPS) is 22.3. The molecule has 2 saturated heterocycles. The number of rotatable bonds is 3. The van der Waals surface area contributed by atoms with Gasteiger partial charge in [0.15, 0.2) is 0 Å². The topological polar surface area (TPSA) is 57.3 Å². The summed E-state index contributed by atoms with van der Waals surface area (Å²) in [7, 11) is 0. The number of nitrogens with one attached hydrogen (secondary N) is 2. The fourth-order valence-electron chi connectivity index (χ4n) is 4.53. The van der Waals surface area contributed by atoms with Crippen molar-refractivity contribution in [3.8, 4) is 11.1 Å². The van der Waals surface area contributed by atoms with Crippen LogP contribution in [0, 0.1) is 11.6 Å². The van der Waals surface area contributed by atoms with E-state index in [-0.39, 0.29) is 23.7 Å². The molecule has 5 rings (SSSR count). The minimum Gasteiger partial charge on any atom is -0.315 e. The molecule has 0 spiro atoms. The van der Waals surface area contributed by atoms with E-state index in [1.807, 2.05) is 18.3 Å². The number of carbonyl (C=O) groups is 1. The molecule has 152 valence electrons. The van der Waals surface area contributed by atoms with Crippen LogP contribution in [0.15, 0.2) is 67.0 Å². The van der Waals surface area contributed by atoms with Gasteiger partial charge in [-0.2, -0.15) is 0 Å². The number of halogens is 2. The van der Waals surface area contributed by atoms with Gasteiger partial charge in [-0.1, -0.05) is 30.3 Å². The third kappa shape index (κ3) is 3.21. The van der Waals surface area contributed by atoms with Gasteiger partial charge in [-0.25, -0.2) is 13.6 Å². The van der Waals surface area contributed by atoms with Gasteiger partial charge in [-0.3, -0.25) is 4.98 Å². The van der Waals surface area contributed by atoms with Crippen molar-refractivity contribution in [1.29, 1.82) is 0 Å². The van der Waals surface area contributed by atoms with E-state index in [0.717, 1.165) is 29.3 Å². The molecule has 7 heteroatoms. The number of benzene rings is 2. The maximum atomic E-state index is 13.9. The van der Waals surface area contributed by atoms with Crippen LogP contribution in [0.4, 0.5) is 19.3 Å². The molecule has 0 aliphatic carbocycles. The Kier molecular flexibility index (Phi) is 4.67. The zero-order valence-electron chi connectivity index (χ0n) is 16.1. The number of piperidine rings is 1. The van der Waals surface area contributed by atoms with Crippen molar-refractivity contribution in [2.45, 2.75) is 18.0 Å². The zero-order chi connectivity index (χ0) is 20.7. The standard InChI is InChI=1S/C23H20F2N4O/c24-17-7-8-18(25)19(10-17)28-23(30)29-20-12-27-13-21(29)22(20)15-5-3-14(4-6-15)16-2-1-9-26-11-16/h1-11,20-22,27H,12-13H2,(H,28,30)/t20-,21+,22?. The number of anilines is 1. The summed E-state index contributed by atoms with van der Waals surface area (Å²) in [6, 6.07) is 14.8. The molecular weight excluding hydrogens is 386 g/mol. The van der Waals surface area contributed by atoms with E-state index < -0.39 is 17.7 Å². The Labute approximate surface area is 172 Å². The molecule has 2 bridgehead atoms. The van der Waals surface area contributed by atoms with Gasteiger partial charge in [0.05, 0.1) is 17.8 Å². The van der Waals surface area contributed by atoms with Crippen LogP contribution in [0.25, 0.3) is 11.1 Å². The summed E-state index contributed by atoms with van der Waals surface area (Å²) < 4.78 is 27.3. The Morgan fingerprint density at radius 2 is 1.80 bits per heavy atom. The van der Waals surface area contributed by atoms with Crippen LogP contribution >= 0.6 is 0 Å². The fraction of sp³-hybridized carbons (Fsp3) is 0.217. The number of pyridine rings is 1. The molecular formula is C23H20F2N4O. The fourth-order valence-corrected chi connectivity index (χ4v) is 4.53. The van der Waals surface area contributed by atoms with Gasteiger partial charge in [-0.05, 0) is 34.9 Å². The first kappa shape index (κ1) is 18.7. The van der Waals surface area contributed by atoms with Crippen LogP contribution in [0.2, 0.25) is 0 Å². The zero-order valence-corrected chi connectivity index (χ0v) is 16.1. The van der Waals surface area contributed by atoms with Crippen LogP contribution in [0.5, 0.6) is 0 Å². The van der Waals surface area contributed by atoms with Crippen molar-refractivity contribution in [1.82, 2.24) is 15.2 Å². The van der Waals surface area contributed by atoms with Gasteiger partial charge in [0, 0.05) is 37.5 Å². The summed E-state index contributed by atoms with van der Waals surface area (Å²) in [5.41, 5.74) is 3.17. The minimum absolute atomic E-state index is 0.0374. The molecule has 2 N–H and O–H groups in total. The molecule has 3 heterocycles. The van der Waals surface area contributed by atoms with Gasteiger partial charge < -0.3 is 15.5 Å². The maximum absolute atomic E-state index is 13.9. The van der Waals surface area contributed by atoms with E-state index in [1.165, 1.54) is 5.56 Å². The van der Waals surface area contributed by atoms with Crippen molar-refractivity contribution >= 4 is 11.7 Å². The largest absolute Gasteiger partial charge is 0.322 e. The molecule has 5 nitrogen and oxygen atoms in total. The molecule has 3 aromatic rings. The van der Waals surface area contributed by atoms with Crippen LogP contribution < -0.4 is 10.6 Å². The molecule has 0 radical (unpaired) electrons. The molecule has 2 amide bonds. The number of aromatic nitrogens is 1. The second-order valence-electron chi connectivity index (χ2n) is 7.64. The Bertz CT molecular complexity index is 1060. The van der Waals surface area contributed by atoms with Gasteiger partial charge in [-0.15, -0.1) is 0 Å². The van der Waals surface area contributed by atoms with Crippen LogP contribution in [-0.4, -0.2) is 41.1 Å². The number of amides is 2. The van der Waals surface area contributed by atoms with Crippen molar-refractivity contribution < 1.29 is 13.6 Å². The molecule has 2 aromatic carbocycles. The highest BCUT2D eigenvalue weighted by Gasteiger charge is 2.53. The quantitative estimate of drug-likeness (QED) is 0.691. The van der Waals surface area contributed by atoms with Crippen molar-refractivity contribution in [2.75, 3.05) is 18.4 Å². The third-order valence-corrected chi connectivity index (χ3v) is 5.95. The average molecular weight is 406 g/mol. The van der Waals surface area contributed by atoms with E-state index in [4.69, 9.17) is 0 Å². The van der Waals surface area contributed by atoms with E-state index in [2.05, 4.69) is 39.9 Å². The summed E-state index contributed by atoms with van der Waals surface area (Å²) in [6.07, 6.45) is 3.57. The summed E-state index contributed by atoms with van der Waals surface area (Å²) >= 11 is 0. The molecule has 1 unspecified atom stereocenters. The van der Waals surface area contributed by atoms with Gasteiger partial charge in [0.2, 0.25) is 0 Å². The summed E-state index contributed by atoms with van der Waals surface area (Å²) in [6.45, 7) is 1.31.